The predicted molar refractivity (Wildman–Crippen MR) is 143 cm³/mol. The third-order valence-corrected chi connectivity index (χ3v) is 6.05. The van der Waals surface area contributed by atoms with E-state index in [2.05, 4.69) is 37.1 Å². The van der Waals surface area contributed by atoms with Gasteiger partial charge in [0.1, 0.15) is 11.6 Å². The Morgan fingerprint density at radius 3 is 2.64 bits per heavy atom. The highest BCUT2D eigenvalue weighted by Gasteiger charge is 2.28. The van der Waals surface area contributed by atoms with E-state index in [1.807, 2.05) is 18.2 Å². The molecule has 0 bridgehead atoms. The second kappa shape index (κ2) is 12.4. The number of H-pyrrole nitrogens is 1. The number of hydrogen-bond acceptors (Lipinski definition) is 8. The molecule has 1 aliphatic heterocycles. The number of rotatable bonds is 10. The summed E-state index contributed by atoms with van der Waals surface area (Å²) in [4.78, 5) is 33.6. The minimum absolute atomic E-state index is 0.136. The molecule has 0 saturated carbocycles. The molecule has 0 spiro atoms. The molecule has 3 N–H and O–H groups in total. The van der Waals surface area contributed by atoms with E-state index in [0.717, 1.165) is 11.3 Å². The van der Waals surface area contributed by atoms with Gasteiger partial charge in [0.25, 0.3) is 0 Å². The molecule has 0 aliphatic carbocycles. The smallest absolute Gasteiger partial charge is 0.228 e. The molecule has 39 heavy (non-hydrogen) atoms. The van der Waals surface area contributed by atoms with Crippen LogP contribution in [0.25, 0.3) is 22.6 Å². The Morgan fingerprint density at radius 1 is 1.08 bits per heavy atom. The van der Waals surface area contributed by atoms with Gasteiger partial charge in [-0.2, -0.15) is 0 Å². The van der Waals surface area contributed by atoms with Crippen molar-refractivity contribution in [1.82, 2.24) is 30.2 Å². The van der Waals surface area contributed by atoms with Gasteiger partial charge < -0.3 is 25.1 Å². The molecular formula is C28H28FN7O3. The summed E-state index contributed by atoms with van der Waals surface area (Å²) < 4.78 is 25.3. The number of nitrogens with zero attached hydrogens (tertiary/aromatic N) is 4. The third kappa shape index (κ3) is 6.70. The van der Waals surface area contributed by atoms with Gasteiger partial charge in [0.15, 0.2) is 6.29 Å². The van der Waals surface area contributed by atoms with Crippen LogP contribution in [0.4, 0.5) is 10.3 Å². The summed E-state index contributed by atoms with van der Waals surface area (Å²) in [6.45, 7) is 4.94. The number of benzene rings is 1. The topological polar surface area (TPSA) is 127 Å². The summed E-state index contributed by atoms with van der Waals surface area (Å²) in [6, 6.07) is 13.6. The summed E-state index contributed by atoms with van der Waals surface area (Å²) in [5.41, 5.74) is 3.44. The van der Waals surface area contributed by atoms with E-state index in [0.29, 0.717) is 48.4 Å². The number of ether oxygens (including phenoxy) is 2. The molecular weight excluding hydrogens is 501 g/mol. The van der Waals surface area contributed by atoms with Crippen LogP contribution in [0.15, 0.2) is 73.6 Å². The Bertz CT molecular complexity index is 1400. The number of carbonyl (C=O) groups excluding carboxylic acids is 1. The lowest BCUT2D eigenvalue weighted by molar-refractivity contribution is -0.200. The lowest BCUT2D eigenvalue weighted by Crippen LogP contribution is -2.42. The van der Waals surface area contributed by atoms with Gasteiger partial charge in [-0.3, -0.25) is 9.78 Å². The molecule has 10 nitrogen and oxygen atoms in total. The summed E-state index contributed by atoms with van der Waals surface area (Å²) in [5.74, 6) is 0.170. The normalized spacial score (nSPS) is 16.9. The number of aromatic nitrogens is 5. The van der Waals surface area contributed by atoms with E-state index >= 15 is 0 Å². The first kappa shape index (κ1) is 26.1. The Hall–Kier alpha value is -4.48. The number of amides is 1. The summed E-state index contributed by atoms with van der Waals surface area (Å²) >= 11 is 0. The predicted octanol–water partition coefficient (Wildman–Crippen LogP) is 3.51. The Balaban J connectivity index is 1.34. The van der Waals surface area contributed by atoms with Gasteiger partial charge in [0, 0.05) is 24.5 Å². The van der Waals surface area contributed by atoms with Crippen LogP contribution in [-0.4, -0.2) is 56.9 Å². The van der Waals surface area contributed by atoms with E-state index in [1.165, 1.54) is 12.1 Å². The van der Waals surface area contributed by atoms with Crippen molar-refractivity contribution in [2.24, 2.45) is 5.92 Å². The number of hydrogen-bond donors (Lipinski definition) is 3. The van der Waals surface area contributed by atoms with Gasteiger partial charge in [0.2, 0.25) is 11.9 Å². The van der Waals surface area contributed by atoms with E-state index in [4.69, 9.17) is 14.5 Å². The van der Waals surface area contributed by atoms with Crippen molar-refractivity contribution < 1.29 is 18.7 Å². The summed E-state index contributed by atoms with van der Waals surface area (Å²) in [6.07, 6.45) is 4.76. The van der Waals surface area contributed by atoms with Crippen molar-refractivity contribution in [2.75, 3.05) is 25.1 Å². The molecule has 1 fully saturated rings. The van der Waals surface area contributed by atoms with Crippen molar-refractivity contribution in [1.29, 1.82) is 0 Å². The Labute approximate surface area is 224 Å². The van der Waals surface area contributed by atoms with Gasteiger partial charge >= 0.3 is 0 Å². The molecule has 11 heteroatoms. The average Bonchev–Trinajstić information content (AvgIpc) is 3.40. The first-order valence-electron chi connectivity index (χ1n) is 12.5. The van der Waals surface area contributed by atoms with Crippen LogP contribution >= 0.6 is 0 Å². The van der Waals surface area contributed by atoms with Crippen molar-refractivity contribution >= 4 is 11.9 Å². The number of aromatic amines is 1. The highest BCUT2D eigenvalue weighted by Crippen LogP contribution is 2.30. The standard InChI is InChI=1S/C28H28FN7O3/c1-2-11-31-27(37)19-16-38-24(39-17-19)14-23-35-25(18-6-8-20(29)9-7-18)26(36-23)22-10-13-32-28(34-22)33-15-21-5-3-4-12-30-21/h2-10,12-13,19,24H,1,11,14-17H2,(H,31,37)(H,35,36)(H,32,33,34). The molecule has 0 unspecified atom stereocenters. The minimum atomic E-state index is -0.575. The number of pyridine rings is 1. The monoisotopic (exact) mass is 529 g/mol. The Kier molecular flexibility index (Phi) is 8.29. The number of anilines is 1. The maximum absolute atomic E-state index is 13.6. The zero-order valence-corrected chi connectivity index (χ0v) is 21.1. The van der Waals surface area contributed by atoms with Crippen LogP contribution in [0.5, 0.6) is 0 Å². The first-order valence-corrected chi connectivity index (χ1v) is 12.5. The summed E-state index contributed by atoms with van der Waals surface area (Å²) in [5, 5.41) is 5.95. The van der Waals surface area contributed by atoms with Gasteiger partial charge in [-0.25, -0.2) is 19.3 Å². The molecule has 200 valence electrons. The second-order valence-corrected chi connectivity index (χ2v) is 8.89. The minimum Gasteiger partial charge on any atom is -0.352 e. The molecule has 4 heterocycles. The van der Waals surface area contributed by atoms with Crippen molar-refractivity contribution in [3.8, 4) is 22.6 Å². The molecule has 4 aromatic rings. The van der Waals surface area contributed by atoms with Crippen LogP contribution in [0, 0.1) is 11.7 Å². The lowest BCUT2D eigenvalue weighted by atomic mass is 10.1. The maximum atomic E-state index is 13.6. The van der Waals surface area contributed by atoms with Gasteiger partial charge in [-0.15, -0.1) is 6.58 Å². The molecule has 0 radical (unpaired) electrons. The Morgan fingerprint density at radius 2 is 1.90 bits per heavy atom. The molecule has 1 amide bonds. The first-order chi connectivity index (χ1) is 19.1. The fourth-order valence-corrected chi connectivity index (χ4v) is 4.06. The lowest BCUT2D eigenvalue weighted by Gasteiger charge is -2.28. The van der Waals surface area contributed by atoms with Gasteiger partial charge in [-0.1, -0.05) is 12.1 Å². The van der Waals surface area contributed by atoms with Gasteiger partial charge in [-0.05, 0) is 42.5 Å². The highest BCUT2D eigenvalue weighted by molar-refractivity contribution is 5.79. The van der Waals surface area contributed by atoms with Crippen LogP contribution in [0.1, 0.15) is 11.5 Å². The van der Waals surface area contributed by atoms with Crippen LogP contribution in [0.3, 0.4) is 0 Å². The number of imidazole rings is 1. The molecule has 0 atom stereocenters. The molecule has 1 aromatic carbocycles. The molecule has 1 aliphatic rings. The number of halogens is 1. The zero-order chi connectivity index (χ0) is 27.0. The van der Waals surface area contributed by atoms with E-state index in [1.54, 1.807) is 36.7 Å². The van der Waals surface area contributed by atoms with E-state index in [-0.39, 0.29) is 30.9 Å². The van der Waals surface area contributed by atoms with E-state index < -0.39 is 6.29 Å². The van der Waals surface area contributed by atoms with E-state index in [9.17, 15) is 9.18 Å². The third-order valence-electron chi connectivity index (χ3n) is 6.05. The SMILES string of the molecule is C=CCNC(=O)C1COC(Cc2nc(-c3ccc(F)cc3)c(-c3ccnc(NCc4ccccn4)n3)[nH]2)OC1. The molecule has 5 rings (SSSR count). The van der Waals surface area contributed by atoms with Crippen LogP contribution in [-0.2, 0) is 27.2 Å². The maximum Gasteiger partial charge on any atom is 0.228 e. The zero-order valence-electron chi connectivity index (χ0n) is 21.1. The molecule has 1 saturated heterocycles. The fourth-order valence-electron chi connectivity index (χ4n) is 4.06. The fraction of sp³-hybridized carbons (Fsp3) is 0.250. The van der Waals surface area contributed by atoms with Crippen molar-refractivity contribution in [2.45, 2.75) is 19.3 Å². The number of carbonyl (C=O) groups is 1. The van der Waals surface area contributed by atoms with Gasteiger partial charge in [0.05, 0.1) is 54.9 Å². The number of nitrogens with one attached hydrogen (secondary N) is 3. The van der Waals surface area contributed by atoms with Crippen LogP contribution < -0.4 is 10.6 Å². The second-order valence-electron chi connectivity index (χ2n) is 8.89. The van der Waals surface area contributed by atoms with Crippen molar-refractivity contribution in [3.63, 3.8) is 0 Å². The molecule has 3 aromatic heterocycles. The quantitative estimate of drug-likeness (QED) is 0.267. The van der Waals surface area contributed by atoms with Crippen molar-refractivity contribution in [3.05, 3.63) is 90.9 Å². The highest BCUT2D eigenvalue weighted by atomic mass is 19.1. The summed E-state index contributed by atoms with van der Waals surface area (Å²) in [7, 11) is 0. The average molecular weight is 530 g/mol. The van der Waals surface area contributed by atoms with Crippen LogP contribution in [0.2, 0.25) is 0 Å². The largest absolute Gasteiger partial charge is 0.352 e.